The number of aliphatic hydroxyl groups excluding tert-OH is 1. The normalized spacial score (nSPS) is 24.6. The minimum absolute atomic E-state index is 0.0188. The summed E-state index contributed by atoms with van der Waals surface area (Å²) in [6.45, 7) is 2.00. The maximum atomic E-state index is 9.21. The standard InChI is InChI=1S/C8H16O.C4H8O/c9-8-6-4-2-1-3-5-7-8;1-2-4-5-3-1/h8-9H,1-7H2;1-4H2. The molecule has 2 aliphatic rings. The summed E-state index contributed by atoms with van der Waals surface area (Å²) in [5.41, 5.74) is 0. The minimum Gasteiger partial charge on any atom is -0.393 e. The molecule has 14 heavy (non-hydrogen) atoms. The Kier molecular flexibility index (Phi) is 7.06. The van der Waals surface area contributed by atoms with E-state index < -0.39 is 0 Å². The third-order valence-corrected chi connectivity index (χ3v) is 2.90. The zero-order chi connectivity index (χ0) is 10.1. The molecule has 0 aromatic rings. The molecule has 0 aromatic carbocycles. The summed E-state index contributed by atoms with van der Waals surface area (Å²) < 4.78 is 4.94. The summed E-state index contributed by atoms with van der Waals surface area (Å²) in [5, 5.41) is 9.21. The highest BCUT2D eigenvalue weighted by Gasteiger charge is 2.05. The molecule has 0 unspecified atom stereocenters. The Labute approximate surface area is 87.7 Å². The number of rotatable bonds is 0. The van der Waals surface area contributed by atoms with Crippen molar-refractivity contribution >= 4 is 0 Å². The van der Waals surface area contributed by atoms with Gasteiger partial charge in [-0.15, -0.1) is 0 Å². The largest absolute Gasteiger partial charge is 0.393 e. The second-order valence-electron chi connectivity index (χ2n) is 4.32. The van der Waals surface area contributed by atoms with Gasteiger partial charge in [0.1, 0.15) is 0 Å². The lowest BCUT2D eigenvalue weighted by Gasteiger charge is -2.13. The molecule has 1 aliphatic carbocycles. The molecule has 2 heteroatoms. The van der Waals surface area contributed by atoms with Crippen molar-refractivity contribution in [2.75, 3.05) is 13.2 Å². The summed E-state index contributed by atoms with van der Waals surface area (Å²) in [6.07, 6.45) is 11.2. The Morgan fingerprint density at radius 3 is 1.64 bits per heavy atom. The van der Waals surface area contributed by atoms with Crippen molar-refractivity contribution in [3.05, 3.63) is 0 Å². The molecule has 2 fully saturated rings. The van der Waals surface area contributed by atoms with E-state index in [1.165, 1.54) is 44.9 Å². The number of aliphatic hydroxyl groups is 1. The van der Waals surface area contributed by atoms with Crippen LogP contribution in [0, 0.1) is 0 Å². The number of hydrogen-bond acceptors (Lipinski definition) is 2. The topological polar surface area (TPSA) is 29.5 Å². The van der Waals surface area contributed by atoms with Crippen molar-refractivity contribution in [1.82, 2.24) is 0 Å². The van der Waals surface area contributed by atoms with Crippen LogP contribution in [0.1, 0.15) is 57.8 Å². The molecular weight excluding hydrogens is 176 g/mol. The Hall–Kier alpha value is -0.0800. The number of hydrogen-bond donors (Lipinski definition) is 1. The average molecular weight is 200 g/mol. The first-order valence-electron chi connectivity index (χ1n) is 6.15. The Bertz CT molecular complexity index is 106. The molecule has 0 spiro atoms. The molecule has 2 nitrogen and oxygen atoms in total. The second kappa shape index (κ2) is 8.25. The molecule has 1 heterocycles. The molecular formula is C12H24O2. The molecule has 84 valence electrons. The van der Waals surface area contributed by atoms with Gasteiger partial charge in [-0.1, -0.05) is 32.1 Å². The van der Waals surface area contributed by atoms with Crippen LogP contribution in [-0.4, -0.2) is 24.4 Å². The smallest absolute Gasteiger partial charge is 0.0540 e. The van der Waals surface area contributed by atoms with Gasteiger partial charge in [0, 0.05) is 13.2 Å². The predicted octanol–water partition coefficient (Wildman–Crippen LogP) is 2.89. The monoisotopic (exact) mass is 200 g/mol. The fraction of sp³-hybridized carbons (Fsp3) is 1.00. The van der Waals surface area contributed by atoms with Gasteiger partial charge in [-0.3, -0.25) is 0 Å². The Balaban J connectivity index is 0.000000165. The van der Waals surface area contributed by atoms with Crippen LogP contribution in [0.2, 0.25) is 0 Å². The average Bonchev–Trinajstić information content (AvgIpc) is 2.69. The summed E-state index contributed by atoms with van der Waals surface area (Å²) in [5.74, 6) is 0. The summed E-state index contributed by atoms with van der Waals surface area (Å²) >= 11 is 0. The SMILES string of the molecule is C1CCOC1.OC1CCCCCCC1. The highest BCUT2D eigenvalue weighted by molar-refractivity contribution is 4.60. The fourth-order valence-electron chi connectivity index (χ4n) is 1.94. The van der Waals surface area contributed by atoms with Crippen LogP contribution >= 0.6 is 0 Å². The van der Waals surface area contributed by atoms with Gasteiger partial charge in [0.05, 0.1) is 6.10 Å². The maximum absolute atomic E-state index is 9.21. The van der Waals surface area contributed by atoms with Gasteiger partial charge in [0.15, 0.2) is 0 Å². The van der Waals surface area contributed by atoms with Crippen LogP contribution < -0.4 is 0 Å². The molecule has 0 aromatic heterocycles. The Morgan fingerprint density at radius 2 is 1.21 bits per heavy atom. The van der Waals surface area contributed by atoms with Gasteiger partial charge >= 0.3 is 0 Å². The summed E-state index contributed by atoms with van der Waals surface area (Å²) in [4.78, 5) is 0. The lowest BCUT2D eigenvalue weighted by Crippen LogP contribution is -2.07. The van der Waals surface area contributed by atoms with E-state index >= 15 is 0 Å². The van der Waals surface area contributed by atoms with Gasteiger partial charge in [0.25, 0.3) is 0 Å². The van der Waals surface area contributed by atoms with Crippen molar-refractivity contribution < 1.29 is 9.84 Å². The van der Waals surface area contributed by atoms with Crippen LogP contribution in [-0.2, 0) is 4.74 Å². The van der Waals surface area contributed by atoms with E-state index in [9.17, 15) is 5.11 Å². The van der Waals surface area contributed by atoms with E-state index in [-0.39, 0.29) is 6.10 Å². The van der Waals surface area contributed by atoms with Crippen molar-refractivity contribution in [1.29, 1.82) is 0 Å². The lowest BCUT2D eigenvalue weighted by molar-refractivity contribution is 0.141. The zero-order valence-corrected chi connectivity index (χ0v) is 9.21. The summed E-state index contributed by atoms with van der Waals surface area (Å²) in [7, 11) is 0. The molecule has 0 amide bonds. The molecule has 0 bridgehead atoms. The van der Waals surface area contributed by atoms with E-state index in [0.29, 0.717) is 0 Å². The van der Waals surface area contributed by atoms with Gasteiger partial charge in [-0.05, 0) is 25.7 Å². The van der Waals surface area contributed by atoms with Crippen LogP contribution in [0.3, 0.4) is 0 Å². The van der Waals surface area contributed by atoms with Gasteiger partial charge in [-0.2, -0.15) is 0 Å². The molecule has 2 rings (SSSR count). The van der Waals surface area contributed by atoms with Gasteiger partial charge < -0.3 is 9.84 Å². The fourth-order valence-corrected chi connectivity index (χ4v) is 1.94. The highest BCUT2D eigenvalue weighted by atomic mass is 16.5. The van der Waals surface area contributed by atoms with Crippen LogP contribution in [0.15, 0.2) is 0 Å². The first-order chi connectivity index (χ1) is 6.89. The first-order valence-corrected chi connectivity index (χ1v) is 6.15. The third kappa shape index (κ3) is 6.39. The molecule has 0 radical (unpaired) electrons. The maximum Gasteiger partial charge on any atom is 0.0540 e. The molecule has 0 atom stereocenters. The molecule has 1 saturated carbocycles. The van der Waals surface area contributed by atoms with Crippen molar-refractivity contribution in [3.8, 4) is 0 Å². The zero-order valence-electron chi connectivity index (χ0n) is 9.21. The van der Waals surface area contributed by atoms with Gasteiger partial charge in [-0.25, -0.2) is 0 Å². The van der Waals surface area contributed by atoms with Crippen molar-refractivity contribution in [2.45, 2.75) is 63.9 Å². The molecule has 1 N–H and O–H groups in total. The Morgan fingerprint density at radius 1 is 0.714 bits per heavy atom. The van der Waals surface area contributed by atoms with Crippen molar-refractivity contribution in [3.63, 3.8) is 0 Å². The quantitative estimate of drug-likeness (QED) is 0.651. The van der Waals surface area contributed by atoms with Crippen LogP contribution in [0.5, 0.6) is 0 Å². The highest BCUT2D eigenvalue weighted by Crippen LogP contribution is 2.16. The van der Waals surface area contributed by atoms with Crippen molar-refractivity contribution in [2.24, 2.45) is 0 Å². The second-order valence-corrected chi connectivity index (χ2v) is 4.32. The first kappa shape index (κ1) is 12.0. The van der Waals surface area contributed by atoms with E-state index in [1.54, 1.807) is 0 Å². The van der Waals surface area contributed by atoms with E-state index in [1.807, 2.05) is 0 Å². The third-order valence-electron chi connectivity index (χ3n) is 2.90. The molecule has 1 saturated heterocycles. The van der Waals surface area contributed by atoms with Gasteiger partial charge in [0.2, 0.25) is 0 Å². The molecule has 1 aliphatic heterocycles. The minimum atomic E-state index is 0.0188. The summed E-state index contributed by atoms with van der Waals surface area (Å²) in [6, 6.07) is 0. The van der Waals surface area contributed by atoms with E-state index in [4.69, 9.17) is 4.74 Å². The van der Waals surface area contributed by atoms with E-state index in [2.05, 4.69) is 0 Å². The van der Waals surface area contributed by atoms with E-state index in [0.717, 1.165) is 26.1 Å². The van der Waals surface area contributed by atoms with Crippen LogP contribution in [0.4, 0.5) is 0 Å². The number of ether oxygens (including phenoxy) is 1. The lowest BCUT2D eigenvalue weighted by atomic mass is 9.99. The van der Waals surface area contributed by atoms with Crippen LogP contribution in [0.25, 0.3) is 0 Å². The predicted molar refractivity (Wildman–Crippen MR) is 58.4 cm³/mol.